The van der Waals surface area contributed by atoms with Crippen LogP contribution < -0.4 is 14.1 Å². The van der Waals surface area contributed by atoms with Crippen LogP contribution in [0.2, 0.25) is 5.28 Å². The second-order valence-electron chi connectivity index (χ2n) is 10.1. The molecule has 0 aliphatic heterocycles. The standard InChI is InChI=1S/C18H15BrN2O3.C12H11ClN2O3.C6H5BBrO2/c1-3-24-18(22)16-14-8-7-13(23-2)10-15(14)20-17(21-16)11-5-4-6-12(19)9-11;1-3-18-11(16)10-8-5-4-7(17-2)6-9(8)14-12(13)15-10;8-5-2-1-3-6(4-5)10-7-9/h4-10H,3H2,1-2H3;4-6H,3H2,1-2H3;1-4,9H. The highest BCUT2D eigenvalue weighted by Crippen LogP contribution is 2.27. The number of benzene rings is 4. The van der Waals surface area contributed by atoms with Gasteiger partial charge in [0.15, 0.2) is 17.2 Å². The summed E-state index contributed by atoms with van der Waals surface area (Å²) in [7, 11) is 3.79. The van der Waals surface area contributed by atoms with Gasteiger partial charge in [0.25, 0.3) is 0 Å². The van der Waals surface area contributed by atoms with Crippen LogP contribution in [0.25, 0.3) is 33.2 Å². The fraction of sp³-hybridized carbons (Fsp3) is 0.167. The number of carbonyl (C=O) groups is 2. The number of nitrogens with zero attached hydrogens (tertiary/aromatic N) is 4. The zero-order valence-electron chi connectivity index (χ0n) is 28.3. The molecule has 0 fully saturated rings. The van der Waals surface area contributed by atoms with Gasteiger partial charge in [0, 0.05) is 37.4 Å². The first-order valence-corrected chi connectivity index (χ1v) is 17.4. The van der Waals surface area contributed by atoms with Crippen molar-refractivity contribution in [1.82, 2.24) is 19.9 Å². The monoisotopic (exact) mass is 851 g/mol. The molecule has 12 nitrogen and oxygen atoms in total. The molecule has 6 rings (SSSR count). The molecule has 0 saturated heterocycles. The van der Waals surface area contributed by atoms with Crippen LogP contribution in [0, 0.1) is 0 Å². The highest BCUT2D eigenvalue weighted by molar-refractivity contribution is 9.10. The van der Waals surface area contributed by atoms with E-state index < -0.39 is 11.9 Å². The lowest BCUT2D eigenvalue weighted by molar-refractivity contribution is 0.0512. The number of ether oxygens (including phenoxy) is 4. The molecular weight excluding hydrogens is 822 g/mol. The molecule has 267 valence electrons. The summed E-state index contributed by atoms with van der Waals surface area (Å²) in [4.78, 5) is 41.1. The van der Waals surface area contributed by atoms with Gasteiger partial charge in [0.1, 0.15) is 17.2 Å². The molecule has 0 amide bonds. The van der Waals surface area contributed by atoms with Crippen molar-refractivity contribution in [3.8, 4) is 28.6 Å². The normalized spacial score (nSPS) is 10.2. The Labute approximate surface area is 322 Å². The Hall–Kier alpha value is -4.83. The summed E-state index contributed by atoms with van der Waals surface area (Å²) in [6, 6.07) is 25.2. The first kappa shape index (κ1) is 40.0. The lowest BCUT2D eigenvalue weighted by Gasteiger charge is -2.09. The number of aromatic nitrogens is 4. The predicted octanol–water partition coefficient (Wildman–Crippen LogP) is 8.07. The Morgan fingerprint density at radius 1 is 0.692 bits per heavy atom. The lowest BCUT2D eigenvalue weighted by Crippen LogP contribution is -2.09. The number of fused-ring (bicyclic) bond motifs is 2. The van der Waals surface area contributed by atoms with E-state index in [0.717, 1.165) is 14.5 Å². The van der Waals surface area contributed by atoms with Crippen LogP contribution in [0.5, 0.6) is 17.2 Å². The molecule has 0 aliphatic carbocycles. The average molecular weight is 854 g/mol. The van der Waals surface area contributed by atoms with Crippen molar-refractivity contribution in [3.05, 3.63) is 111 Å². The highest BCUT2D eigenvalue weighted by atomic mass is 79.9. The van der Waals surface area contributed by atoms with Crippen LogP contribution in [-0.4, -0.2) is 72.0 Å². The van der Waals surface area contributed by atoms with Gasteiger partial charge in [-0.05, 0) is 80.0 Å². The van der Waals surface area contributed by atoms with Crippen LogP contribution in [0.4, 0.5) is 0 Å². The lowest BCUT2D eigenvalue weighted by atomic mass is 10.1. The third-order valence-electron chi connectivity index (χ3n) is 6.79. The molecule has 6 aromatic rings. The molecule has 16 heteroatoms. The number of hydrogen-bond acceptors (Lipinski definition) is 12. The minimum absolute atomic E-state index is 0.00111. The molecule has 52 heavy (non-hydrogen) atoms. The molecule has 1 N–H and O–H groups in total. The summed E-state index contributed by atoms with van der Waals surface area (Å²) in [5, 5.41) is 9.46. The predicted molar refractivity (Wildman–Crippen MR) is 205 cm³/mol. The van der Waals surface area contributed by atoms with E-state index in [-0.39, 0.29) is 29.9 Å². The Kier molecular flexibility index (Phi) is 15.1. The van der Waals surface area contributed by atoms with Crippen LogP contribution >= 0.6 is 43.5 Å². The molecule has 0 unspecified atom stereocenters. The quantitative estimate of drug-likeness (QED) is 0.0851. The van der Waals surface area contributed by atoms with Gasteiger partial charge < -0.3 is 28.6 Å². The third-order valence-corrected chi connectivity index (χ3v) is 7.94. The van der Waals surface area contributed by atoms with E-state index >= 15 is 0 Å². The largest absolute Gasteiger partial charge is 0.569 e. The van der Waals surface area contributed by atoms with Gasteiger partial charge in [-0.25, -0.2) is 29.5 Å². The highest BCUT2D eigenvalue weighted by Gasteiger charge is 2.18. The first-order chi connectivity index (χ1) is 25.1. The van der Waals surface area contributed by atoms with E-state index in [1.165, 1.54) is 0 Å². The Balaban J connectivity index is 0.000000190. The molecular formula is C36H31BBr2ClN4O8. The van der Waals surface area contributed by atoms with Gasteiger partial charge in [-0.1, -0.05) is 50.1 Å². The minimum atomic E-state index is -0.517. The maximum Gasteiger partial charge on any atom is 0.569 e. The smallest absolute Gasteiger partial charge is 0.537 e. The number of methoxy groups -OCH3 is 2. The van der Waals surface area contributed by atoms with Gasteiger partial charge in [0.2, 0.25) is 5.28 Å². The topological polar surface area (TPSA) is 152 Å². The Morgan fingerprint density at radius 2 is 1.23 bits per heavy atom. The van der Waals surface area contributed by atoms with Gasteiger partial charge in [0.05, 0.1) is 38.5 Å². The van der Waals surface area contributed by atoms with Gasteiger partial charge in [-0.15, -0.1) is 0 Å². The maximum absolute atomic E-state index is 12.3. The molecule has 1 radical (unpaired) electrons. The van der Waals surface area contributed by atoms with Gasteiger partial charge in [-0.3, -0.25) is 0 Å². The van der Waals surface area contributed by atoms with Gasteiger partial charge >= 0.3 is 19.6 Å². The van der Waals surface area contributed by atoms with Crippen LogP contribution in [-0.2, 0) is 9.47 Å². The van der Waals surface area contributed by atoms with E-state index in [4.69, 9.17) is 35.6 Å². The summed E-state index contributed by atoms with van der Waals surface area (Å²) in [5.41, 5.74) is 2.38. The minimum Gasteiger partial charge on any atom is -0.537 e. The van der Waals surface area contributed by atoms with E-state index in [9.17, 15) is 9.59 Å². The van der Waals surface area contributed by atoms with Crippen molar-refractivity contribution in [2.45, 2.75) is 13.8 Å². The van der Waals surface area contributed by atoms with Crippen molar-refractivity contribution in [2.24, 2.45) is 0 Å². The summed E-state index contributed by atoms with van der Waals surface area (Å²) < 4.78 is 26.9. The van der Waals surface area contributed by atoms with Gasteiger partial charge in [-0.2, -0.15) is 0 Å². The van der Waals surface area contributed by atoms with E-state index in [2.05, 4.69) is 56.5 Å². The van der Waals surface area contributed by atoms with Crippen LogP contribution in [0.15, 0.2) is 93.9 Å². The molecule has 0 aliphatic rings. The maximum atomic E-state index is 12.3. The zero-order valence-corrected chi connectivity index (χ0v) is 32.2. The number of carbonyl (C=O) groups excluding carboxylic acids is 2. The van der Waals surface area contributed by atoms with Crippen LogP contribution in [0.1, 0.15) is 34.8 Å². The van der Waals surface area contributed by atoms with Crippen molar-refractivity contribution in [3.63, 3.8) is 0 Å². The summed E-state index contributed by atoms with van der Waals surface area (Å²) >= 11 is 12.5. The fourth-order valence-corrected chi connectivity index (χ4v) is 5.47. The molecule has 2 heterocycles. The number of rotatable bonds is 9. The summed E-state index contributed by atoms with van der Waals surface area (Å²) in [5.74, 6) is 1.38. The zero-order chi connectivity index (χ0) is 37.6. The second-order valence-corrected chi connectivity index (χ2v) is 12.3. The Morgan fingerprint density at radius 3 is 1.75 bits per heavy atom. The first-order valence-electron chi connectivity index (χ1n) is 15.5. The van der Waals surface area contributed by atoms with E-state index in [1.807, 2.05) is 36.4 Å². The second kappa shape index (κ2) is 19.7. The fourth-order valence-electron chi connectivity index (χ4n) is 4.51. The molecule has 2 aromatic heterocycles. The van der Waals surface area contributed by atoms with Crippen molar-refractivity contribution in [1.29, 1.82) is 0 Å². The van der Waals surface area contributed by atoms with Crippen molar-refractivity contribution < 1.29 is 38.2 Å². The molecule has 4 aromatic carbocycles. The average Bonchev–Trinajstić information content (AvgIpc) is 3.14. The molecule has 0 saturated carbocycles. The SMILES string of the molecule is CCOC(=O)c1nc(-c2cccc(Br)c2)nc2cc(OC)ccc12.CCOC(=O)c1nc(Cl)nc2cc(OC)ccc12.O[B]Oc1cccc(Br)c1. The third kappa shape index (κ3) is 10.8. The number of hydrogen-bond donors (Lipinski definition) is 1. The molecule has 0 bridgehead atoms. The van der Waals surface area contributed by atoms with Crippen molar-refractivity contribution >= 4 is 84.9 Å². The van der Waals surface area contributed by atoms with Crippen LogP contribution in [0.3, 0.4) is 0 Å². The summed E-state index contributed by atoms with van der Waals surface area (Å²) in [6.45, 7) is 4.05. The number of halogens is 3. The van der Waals surface area contributed by atoms with E-state index in [1.54, 1.807) is 76.6 Å². The van der Waals surface area contributed by atoms with E-state index in [0.29, 0.717) is 52.6 Å². The molecule has 0 atom stereocenters. The summed E-state index contributed by atoms with van der Waals surface area (Å²) in [6.07, 6.45) is 0. The Bertz CT molecular complexity index is 2180. The van der Waals surface area contributed by atoms with Crippen molar-refractivity contribution in [2.75, 3.05) is 27.4 Å². The molecule has 0 spiro atoms. The number of esters is 2.